The highest BCUT2D eigenvalue weighted by molar-refractivity contribution is 5.94. The van der Waals surface area contributed by atoms with Gasteiger partial charge in [0, 0.05) is 37.8 Å². The lowest BCUT2D eigenvalue weighted by Gasteiger charge is -2.33. The SMILES string of the molecule is O=C(Nc1ccc(C(=O)O)cc1)N[C@@H](Cc1ccc(O)cc1)C(=O)NC1CCN(Cc2ccc(O)cc2)CC1. The van der Waals surface area contributed by atoms with Crippen LogP contribution in [0.15, 0.2) is 72.8 Å². The first-order chi connectivity index (χ1) is 18.7. The summed E-state index contributed by atoms with van der Waals surface area (Å²) < 4.78 is 0. The largest absolute Gasteiger partial charge is 0.508 e. The van der Waals surface area contributed by atoms with E-state index in [1.54, 1.807) is 24.3 Å². The molecule has 1 heterocycles. The lowest BCUT2D eigenvalue weighted by Crippen LogP contribution is -2.53. The molecule has 10 heteroatoms. The molecular formula is C29H32N4O6. The lowest BCUT2D eigenvalue weighted by atomic mass is 10.0. The number of hydrogen-bond acceptors (Lipinski definition) is 6. The van der Waals surface area contributed by atoms with Crippen molar-refractivity contribution in [3.05, 3.63) is 89.5 Å². The molecule has 0 saturated carbocycles. The van der Waals surface area contributed by atoms with Crippen molar-refractivity contribution in [2.45, 2.75) is 37.9 Å². The van der Waals surface area contributed by atoms with Gasteiger partial charge in [-0.15, -0.1) is 0 Å². The molecule has 3 aromatic rings. The van der Waals surface area contributed by atoms with Crippen LogP contribution in [0.2, 0.25) is 0 Å². The van der Waals surface area contributed by atoms with E-state index >= 15 is 0 Å². The van der Waals surface area contributed by atoms with Crippen LogP contribution in [0.3, 0.4) is 0 Å². The van der Waals surface area contributed by atoms with Crippen molar-refractivity contribution in [3.8, 4) is 11.5 Å². The Balaban J connectivity index is 1.35. The van der Waals surface area contributed by atoms with E-state index in [4.69, 9.17) is 5.11 Å². The molecule has 39 heavy (non-hydrogen) atoms. The quantitative estimate of drug-likeness (QED) is 0.247. The molecule has 0 aliphatic carbocycles. The van der Waals surface area contributed by atoms with Gasteiger partial charge in [-0.2, -0.15) is 0 Å². The Morgan fingerprint density at radius 2 is 1.38 bits per heavy atom. The van der Waals surface area contributed by atoms with Gasteiger partial charge in [0.05, 0.1) is 5.56 Å². The Kier molecular flexibility index (Phi) is 9.01. The third kappa shape index (κ3) is 8.21. The van der Waals surface area contributed by atoms with Crippen LogP contribution in [0.25, 0.3) is 0 Å². The van der Waals surface area contributed by atoms with Gasteiger partial charge in [0.1, 0.15) is 17.5 Å². The second-order valence-electron chi connectivity index (χ2n) is 9.63. The fraction of sp³-hybridized carbons (Fsp3) is 0.276. The number of phenolic OH excluding ortho intramolecular Hbond substituents is 2. The van der Waals surface area contributed by atoms with Crippen LogP contribution in [0.1, 0.15) is 34.3 Å². The molecule has 10 nitrogen and oxygen atoms in total. The second-order valence-corrected chi connectivity index (χ2v) is 9.63. The average molecular weight is 533 g/mol. The molecule has 1 aliphatic rings. The van der Waals surface area contributed by atoms with Crippen LogP contribution in [0.4, 0.5) is 10.5 Å². The number of carbonyl (C=O) groups is 3. The maximum atomic E-state index is 13.3. The Labute approximate surface area is 226 Å². The fourth-order valence-corrected chi connectivity index (χ4v) is 4.50. The first-order valence-electron chi connectivity index (χ1n) is 12.7. The number of amides is 3. The average Bonchev–Trinajstić information content (AvgIpc) is 2.92. The molecule has 1 atom stereocenters. The van der Waals surface area contributed by atoms with Crippen LogP contribution in [-0.4, -0.2) is 63.3 Å². The Morgan fingerprint density at radius 3 is 1.95 bits per heavy atom. The van der Waals surface area contributed by atoms with Crippen LogP contribution in [0, 0.1) is 0 Å². The van der Waals surface area contributed by atoms with E-state index < -0.39 is 18.0 Å². The van der Waals surface area contributed by atoms with Crippen LogP contribution in [0.5, 0.6) is 11.5 Å². The van der Waals surface area contributed by atoms with Gasteiger partial charge in [-0.05, 0) is 72.5 Å². The van der Waals surface area contributed by atoms with E-state index in [2.05, 4.69) is 20.9 Å². The number of carbonyl (C=O) groups excluding carboxylic acids is 2. The summed E-state index contributed by atoms with van der Waals surface area (Å²) in [7, 11) is 0. The van der Waals surface area contributed by atoms with E-state index in [0.29, 0.717) is 5.69 Å². The molecular weight excluding hydrogens is 500 g/mol. The summed E-state index contributed by atoms with van der Waals surface area (Å²) in [5.41, 5.74) is 2.36. The highest BCUT2D eigenvalue weighted by atomic mass is 16.4. The van der Waals surface area contributed by atoms with Crippen molar-refractivity contribution in [1.29, 1.82) is 0 Å². The second kappa shape index (κ2) is 12.8. The topological polar surface area (TPSA) is 151 Å². The molecule has 0 bridgehead atoms. The minimum Gasteiger partial charge on any atom is -0.508 e. The number of benzene rings is 3. The number of aromatic hydroxyl groups is 2. The standard InChI is InChI=1S/C29H32N4O6/c34-24-9-1-19(2-10-24)17-26(32-29(39)31-22-7-5-21(6-8-22)28(37)38)27(36)30-23-13-15-33(16-14-23)18-20-3-11-25(35)12-4-20/h1-12,23,26,34-35H,13-18H2,(H,30,36)(H,37,38)(H2,31,32,39)/t26-/m0/s1. The van der Waals surface area contributed by atoms with Gasteiger partial charge in [0.25, 0.3) is 0 Å². The smallest absolute Gasteiger partial charge is 0.335 e. The first kappa shape index (κ1) is 27.5. The Hall–Kier alpha value is -4.57. The van der Waals surface area contributed by atoms with Gasteiger partial charge in [0.15, 0.2) is 0 Å². The molecule has 0 unspecified atom stereocenters. The number of anilines is 1. The van der Waals surface area contributed by atoms with Gasteiger partial charge in [-0.1, -0.05) is 24.3 Å². The van der Waals surface area contributed by atoms with Gasteiger partial charge < -0.3 is 31.3 Å². The van der Waals surface area contributed by atoms with Gasteiger partial charge >= 0.3 is 12.0 Å². The van der Waals surface area contributed by atoms with Crippen molar-refractivity contribution in [1.82, 2.24) is 15.5 Å². The van der Waals surface area contributed by atoms with Crippen LogP contribution in [-0.2, 0) is 17.8 Å². The highest BCUT2D eigenvalue weighted by Gasteiger charge is 2.26. The number of nitrogens with zero attached hydrogens (tertiary/aromatic N) is 1. The van der Waals surface area contributed by atoms with Crippen molar-refractivity contribution < 1.29 is 29.7 Å². The van der Waals surface area contributed by atoms with Crippen molar-refractivity contribution >= 4 is 23.6 Å². The molecule has 1 fully saturated rings. The summed E-state index contributed by atoms with van der Waals surface area (Å²) >= 11 is 0. The molecule has 3 amide bonds. The summed E-state index contributed by atoms with van der Waals surface area (Å²) in [6.07, 6.45) is 1.74. The van der Waals surface area contributed by atoms with E-state index in [9.17, 15) is 24.6 Å². The Morgan fingerprint density at radius 1 is 0.821 bits per heavy atom. The summed E-state index contributed by atoms with van der Waals surface area (Å²) in [5.74, 6) is -1.03. The molecule has 0 aromatic heterocycles. The first-order valence-corrected chi connectivity index (χ1v) is 12.7. The zero-order chi connectivity index (χ0) is 27.8. The molecule has 3 aromatic carbocycles. The van der Waals surface area contributed by atoms with E-state index in [0.717, 1.165) is 43.6 Å². The molecule has 6 N–H and O–H groups in total. The maximum Gasteiger partial charge on any atom is 0.335 e. The monoisotopic (exact) mass is 532 g/mol. The number of urea groups is 1. The number of hydrogen-bond donors (Lipinski definition) is 6. The van der Waals surface area contributed by atoms with E-state index in [-0.39, 0.29) is 35.4 Å². The number of rotatable bonds is 9. The van der Waals surface area contributed by atoms with Crippen molar-refractivity contribution in [2.75, 3.05) is 18.4 Å². The number of likely N-dealkylation sites (tertiary alicyclic amines) is 1. The molecule has 1 saturated heterocycles. The number of carboxylic acid groups (broad SMARTS) is 1. The number of carboxylic acids is 1. The van der Waals surface area contributed by atoms with Crippen LogP contribution >= 0.6 is 0 Å². The number of nitrogens with one attached hydrogen (secondary N) is 3. The van der Waals surface area contributed by atoms with E-state index in [1.165, 1.54) is 36.4 Å². The highest BCUT2D eigenvalue weighted by Crippen LogP contribution is 2.17. The predicted molar refractivity (Wildman–Crippen MR) is 146 cm³/mol. The minimum atomic E-state index is -1.07. The third-order valence-corrected chi connectivity index (χ3v) is 6.66. The molecule has 1 aliphatic heterocycles. The normalized spacial score (nSPS) is 14.8. The van der Waals surface area contributed by atoms with Crippen molar-refractivity contribution in [2.24, 2.45) is 0 Å². The minimum absolute atomic E-state index is 0.0377. The summed E-state index contributed by atoms with van der Waals surface area (Å²) in [6.45, 7) is 2.36. The van der Waals surface area contributed by atoms with Crippen LogP contribution < -0.4 is 16.0 Å². The lowest BCUT2D eigenvalue weighted by molar-refractivity contribution is -0.123. The number of piperidine rings is 1. The van der Waals surface area contributed by atoms with Crippen molar-refractivity contribution in [3.63, 3.8) is 0 Å². The molecule has 0 spiro atoms. The molecule has 4 rings (SSSR count). The summed E-state index contributed by atoms with van der Waals surface area (Å²) in [5, 5.41) is 36.6. The van der Waals surface area contributed by atoms with Gasteiger partial charge in [0.2, 0.25) is 5.91 Å². The Bertz CT molecular complexity index is 1270. The fourth-order valence-electron chi connectivity index (χ4n) is 4.50. The zero-order valence-corrected chi connectivity index (χ0v) is 21.3. The summed E-state index contributed by atoms with van der Waals surface area (Å²) in [6, 6.07) is 17.8. The van der Waals surface area contributed by atoms with Gasteiger partial charge in [-0.25, -0.2) is 9.59 Å². The predicted octanol–water partition coefficient (Wildman–Crippen LogP) is 3.31. The molecule has 204 valence electrons. The zero-order valence-electron chi connectivity index (χ0n) is 21.3. The number of aromatic carboxylic acids is 1. The number of phenols is 2. The van der Waals surface area contributed by atoms with Gasteiger partial charge in [-0.3, -0.25) is 9.69 Å². The maximum absolute atomic E-state index is 13.3. The molecule has 0 radical (unpaired) electrons. The summed E-state index contributed by atoms with van der Waals surface area (Å²) in [4.78, 5) is 39.4. The third-order valence-electron chi connectivity index (χ3n) is 6.66. The van der Waals surface area contributed by atoms with E-state index in [1.807, 2.05) is 12.1 Å².